The zero-order valence-electron chi connectivity index (χ0n) is 25.8. The summed E-state index contributed by atoms with van der Waals surface area (Å²) in [7, 11) is 0. The molecule has 2 unspecified atom stereocenters. The molecule has 2 aromatic carbocycles. The number of likely N-dealkylation sites (tertiary alicyclic amines) is 2. The number of aryl methyl sites for hydroxylation is 1. The minimum atomic E-state index is 0.0244. The number of nitrogens with one attached hydrogen (secondary N) is 4. The summed E-state index contributed by atoms with van der Waals surface area (Å²) in [5.41, 5.74) is 6.90. The van der Waals surface area contributed by atoms with Crippen LogP contribution in [0.5, 0.6) is 0 Å². The van der Waals surface area contributed by atoms with E-state index in [0.717, 1.165) is 86.0 Å². The minimum absolute atomic E-state index is 0.0244. The number of benzene rings is 2. The lowest BCUT2D eigenvalue weighted by atomic mass is 10.0. The molecule has 4 N–H and O–H groups in total. The number of fused-ring (bicyclic) bond motifs is 2. The molecule has 43 heavy (non-hydrogen) atoms. The number of aromatic amines is 2. The molecule has 8 nitrogen and oxygen atoms in total. The maximum absolute atomic E-state index is 13.1. The number of hydrogen-bond acceptors (Lipinski definition) is 2. The molecule has 0 radical (unpaired) electrons. The predicted molar refractivity (Wildman–Crippen MR) is 173 cm³/mol. The van der Waals surface area contributed by atoms with Crippen LogP contribution in [0.4, 0.5) is 9.59 Å². The molecule has 6 rings (SSSR count). The van der Waals surface area contributed by atoms with E-state index in [2.05, 4.69) is 89.9 Å². The van der Waals surface area contributed by atoms with Crippen molar-refractivity contribution in [2.75, 3.05) is 19.6 Å². The minimum Gasteiger partial charge on any atom is -0.357 e. The molecule has 0 saturated carbocycles. The third-order valence-corrected chi connectivity index (χ3v) is 9.32. The van der Waals surface area contributed by atoms with Crippen molar-refractivity contribution < 1.29 is 9.59 Å². The highest BCUT2D eigenvalue weighted by Gasteiger charge is 2.28. The number of hydrogen-bond donors (Lipinski definition) is 4. The summed E-state index contributed by atoms with van der Waals surface area (Å²) >= 11 is 0. The zero-order valence-corrected chi connectivity index (χ0v) is 25.8. The second kappa shape index (κ2) is 12.7. The van der Waals surface area contributed by atoms with E-state index in [-0.39, 0.29) is 12.1 Å². The average Bonchev–Trinajstić information content (AvgIpc) is 3.80. The Morgan fingerprint density at radius 1 is 0.884 bits per heavy atom. The molecule has 0 spiro atoms. The van der Waals surface area contributed by atoms with E-state index in [4.69, 9.17) is 0 Å². The largest absolute Gasteiger partial charge is 0.357 e. The van der Waals surface area contributed by atoms with Gasteiger partial charge in [-0.25, -0.2) is 9.59 Å². The van der Waals surface area contributed by atoms with E-state index in [1.54, 1.807) is 0 Å². The second-order valence-corrected chi connectivity index (χ2v) is 13.1. The summed E-state index contributed by atoms with van der Waals surface area (Å²) in [5.74, 6) is 1.07. The van der Waals surface area contributed by atoms with Gasteiger partial charge in [-0.05, 0) is 96.5 Å². The molecule has 2 aliphatic rings. The number of amides is 4. The number of carbonyl (C=O) groups is 2. The first kappa shape index (κ1) is 29.1. The molecule has 228 valence electrons. The maximum Gasteiger partial charge on any atom is 0.317 e. The van der Waals surface area contributed by atoms with Crippen LogP contribution < -0.4 is 10.6 Å². The van der Waals surface area contributed by atoms with E-state index in [1.165, 1.54) is 16.5 Å². The SMILES string of the molecule is CC1CCN(C(=O)NCc2cc3ccc(CCCC4CCCN4C(=O)NCc4cc5ccc(C(C)C)cc5[nH]4)cc3[nH]2)C1. The van der Waals surface area contributed by atoms with Crippen molar-refractivity contribution in [2.45, 2.75) is 84.3 Å². The van der Waals surface area contributed by atoms with Crippen molar-refractivity contribution in [3.8, 4) is 0 Å². The van der Waals surface area contributed by atoms with Gasteiger partial charge in [-0.15, -0.1) is 0 Å². The molecule has 2 atom stereocenters. The average molecular weight is 583 g/mol. The number of H-pyrrole nitrogens is 2. The smallest absolute Gasteiger partial charge is 0.317 e. The number of carbonyl (C=O) groups excluding carboxylic acids is 2. The molecule has 2 saturated heterocycles. The van der Waals surface area contributed by atoms with E-state index in [9.17, 15) is 9.59 Å². The molecule has 0 aliphatic carbocycles. The van der Waals surface area contributed by atoms with Gasteiger partial charge in [0, 0.05) is 48.1 Å². The van der Waals surface area contributed by atoms with Gasteiger partial charge in [0.15, 0.2) is 0 Å². The Labute approximate surface area is 254 Å². The van der Waals surface area contributed by atoms with Gasteiger partial charge in [-0.2, -0.15) is 0 Å². The lowest BCUT2D eigenvalue weighted by molar-refractivity contribution is 0.189. The Kier molecular flexibility index (Phi) is 8.63. The van der Waals surface area contributed by atoms with Crippen LogP contribution in [-0.2, 0) is 19.5 Å². The molecule has 0 bridgehead atoms. The summed E-state index contributed by atoms with van der Waals surface area (Å²) in [5, 5.41) is 8.56. The molecule has 4 heterocycles. The van der Waals surface area contributed by atoms with Crippen molar-refractivity contribution in [3.05, 3.63) is 71.0 Å². The van der Waals surface area contributed by atoms with Gasteiger partial charge in [0.05, 0.1) is 13.1 Å². The Bertz CT molecular complexity index is 1590. The van der Waals surface area contributed by atoms with Crippen LogP contribution >= 0.6 is 0 Å². The summed E-state index contributed by atoms with van der Waals surface area (Å²) < 4.78 is 0. The zero-order chi connectivity index (χ0) is 29.9. The molecule has 2 aliphatic heterocycles. The number of rotatable bonds is 9. The van der Waals surface area contributed by atoms with Gasteiger partial charge in [-0.3, -0.25) is 0 Å². The fraction of sp³-hybridized carbons (Fsp3) is 0.486. The first-order valence-corrected chi connectivity index (χ1v) is 16.1. The van der Waals surface area contributed by atoms with Crippen molar-refractivity contribution in [3.63, 3.8) is 0 Å². The molecular formula is C35H46N6O2. The fourth-order valence-electron chi connectivity index (χ4n) is 6.76. The van der Waals surface area contributed by atoms with Crippen LogP contribution in [0.3, 0.4) is 0 Å². The maximum atomic E-state index is 13.1. The first-order valence-electron chi connectivity index (χ1n) is 16.1. The molecule has 4 amide bonds. The lowest BCUT2D eigenvalue weighted by Crippen LogP contribution is -2.42. The Morgan fingerprint density at radius 2 is 1.58 bits per heavy atom. The van der Waals surface area contributed by atoms with Crippen LogP contribution in [0.15, 0.2) is 48.5 Å². The van der Waals surface area contributed by atoms with Gasteiger partial charge in [0.2, 0.25) is 0 Å². The third kappa shape index (κ3) is 6.84. The van der Waals surface area contributed by atoms with Crippen molar-refractivity contribution in [2.24, 2.45) is 5.92 Å². The highest BCUT2D eigenvalue weighted by atomic mass is 16.2. The molecule has 8 heteroatoms. The van der Waals surface area contributed by atoms with E-state index in [0.29, 0.717) is 31.0 Å². The van der Waals surface area contributed by atoms with Crippen LogP contribution in [0, 0.1) is 5.92 Å². The lowest BCUT2D eigenvalue weighted by Gasteiger charge is -2.25. The first-order chi connectivity index (χ1) is 20.8. The molecule has 2 fully saturated rings. The monoisotopic (exact) mass is 582 g/mol. The summed E-state index contributed by atoms with van der Waals surface area (Å²) in [6, 6.07) is 17.8. The molecular weight excluding hydrogens is 536 g/mol. The van der Waals surface area contributed by atoms with Crippen LogP contribution in [0.25, 0.3) is 21.8 Å². The topological polar surface area (TPSA) is 96.3 Å². The van der Waals surface area contributed by atoms with Gasteiger partial charge in [-0.1, -0.05) is 45.0 Å². The van der Waals surface area contributed by atoms with Crippen molar-refractivity contribution in [1.82, 2.24) is 30.4 Å². The molecule has 4 aromatic rings. The van der Waals surface area contributed by atoms with Crippen LogP contribution in [0.2, 0.25) is 0 Å². The van der Waals surface area contributed by atoms with E-state index < -0.39 is 0 Å². The van der Waals surface area contributed by atoms with Crippen molar-refractivity contribution >= 4 is 33.9 Å². The second-order valence-electron chi connectivity index (χ2n) is 13.1. The Morgan fingerprint density at radius 3 is 2.28 bits per heavy atom. The fourth-order valence-corrected chi connectivity index (χ4v) is 6.76. The number of aromatic nitrogens is 2. The highest BCUT2D eigenvalue weighted by molar-refractivity contribution is 5.82. The summed E-state index contributed by atoms with van der Waals surface area (Å²) in [6.07, 6.45) is 6.24. The van der Waals surface area contributed by atoms with Gasteiger partial charge in [0.25, 0.3) is 0 Å². The van der Waals surface area contributed by atoms with Gasteiger partial charge in [0.1, 0.15) is 0 Å². The van der Waals surface area contributed by atoms with E-state index in [1.807, 2.05) is 9.80 Å². The summed E-state index contributed by atoms with van der Waals surface area (Å²) in [6.45, 7) is 10.1. The summed E-state index contributed by atoms with van der Waals surface area (Å²) in [4.78, 5) is 36.5. The Balaban J connectivity index is 0.971. The number of urea groups is 2. The van der Waals surface area contributed by atoms with Crippen LogP contribution in [-0.4, -0.2) is 57.5 Å². The standard InChI is InChI=1S/C35H46N6O2/c1-23(2)26-11-12-28-18-30(39-33(28)19-26)21-37-35(43)41-14-5-8-31(41)7-4-6-25-9-10-27-17-29(38-32(27)16-25)20-36-34(42)40-15-13-24(3)22-40/h9-12,16-19,23-24,31,38-39H,4-8,13-15,20-22H2,1-3H3,(H,36,42)(H,37,43). The normalized spacial score (nSPS) is 18.8. The Hall–Kier alpha value is -3.94. The highest BCUT2D eigenvalue weighted by Crippen LogP contribution is 2.25. The van der Waals surface area contributed by atoms with Crippen LogP contribution in [0.1, 0.15) is 81.3 Å². The quantitative estimate of drug-likeness (QED) is 0.171. The number of nitrogens with zero attached hydrogens (tertiary/aromatic N) is 2. The predicted octanol–water partition coefficient (Wildman–Crippen LogP) is 7.02. The van der Waals surface area contributed by atoms with Gasteiger partial charge < -0.3 is 30.4 Å². The molecule has 2 aromatic heterocycles. The third-order valence-electron chi connectivity index (χ3n) is 9.32. The van der Waals surface area contributed by atoms with E-state index >= 15 is 0 Å². The van der Waals surface area contributed by atoms with Gasteiger partial charge >= 0.3 is 12.1 Å². The van der Waals surface area contributed by atoms with Crippen molar-refractivity contribution in [1.29, 1.82) is 0 Å².